The van der Waals surface area contributed by atoms with Gasteiger partial charge in [0.25, 0.3) is 5.91 Å². The van der Waals surface area contributed by atoms with Gasteiger partial charge in [-0.3, -0.25) is 10.0 Å². The molecule has 0 aliphatic carbocycles. The van der Waals surface area contributed by atoms with Crippen LogP contribution >= 0.6 is 0 Å². The fourth-order valence-electron chi connectivity index (χ4n) is 3.94. The fraction of sp³-hybridized carbons (Fsp3) is 0.269. The van der Waals surface area contributed by atoms with Gasteiger partial charge >= 0.3 is 0 Å². The van der Waals surface area contributed by atoms with Crippen LogP contribution < -0.4 is 15.0 Å². The molecule has 3 aromatic carbocycles. The molecule has 6 heteroatoms. The number of aryl methyl sites for hydroxylation is 2. The molecule has 1 amide bonds. The third-order valence-electron chi connectivity index (χ3n) is 5.68. The molecule has 1 unspecified atom stereocenters. The molecule has 32 heavy (non-hydrogen) atoms. The van der Waals surface area contributed by atoms with E-state index in [1.807, 2.05) is 18.2 Å². The van der Waals surface area contributed by atoms with Gasteiger partial charge in [0.1, 0.15) is 23.4 Å². The highest BCUT2D eigenvalue weighted by atomic mass is 16.5. The Hall–Kier alpha value is -3.51. The minimum absolute atomic E-state index is 0.138. The van der Waals surface area contributed by atoms with Gasteiger partial charge in [-0.2, -0.15) is 0 Å². The average molecular weight is 434 g/mol. The first kappa shape index (κ1) is 21.7. The van der Waals surface area contributed by atoms with Gasteiger partial charge < -0.3 is 14.6 Å². The van der Waals surface area contributed by atoms with Gasteiger partial charge in [0.05, 0.1) is 6.61 Å². The Kier molecular flexibility index (Phi) is 6.92. The van der Waals surface area contributed by atoms with Gasteiger partial charge in [0.2, 0.25) is 0 Å². The first-order chi connectivity index (χ1) is 15.6. The molecule has 1 heterocycles. The first-order valence-electron chi connectivity index (χ1n) is 10.8. The molecule has 0 radical (unpaired) electrons. The van der Waals surface area contributed by atoms with Gasteiger partial charge in [-0.1, -0.05) is 30.3 Å². The van der Waals surface area contributed by atoms with E-state index < -0.39 is 5.91 Å². The number of rotatable bonds is 9. The lowest BCUT2D eigenvalue weighted by Gasteiger charge is -2.11. The molecule has 0 spiro atoms. The van der Waals surface area contributed by atoms with E-state index >= 15 is 0 Å². The van der Waals surface area contributed by atoms with Gasteiger partial charge in [0.15, 0.2) is 0 Å². The zero-order valence-electron chi connectivity index (χ0n) is 17.8. The predicted octanol–water partition coefficient (Wildman–Crippen LogP) is 4.46. The van der Waals surface area contributed by atoms with Gasteiger partial charge in [-0.25, -0.2) is 5.48 Å². The maximum atomic E-state index is 11.3. The largest absolute Gasteiger partial charge is 0.508 e. The molecule has 3 N–H and O–H groups in total. The number of nitrogens with one attached hydrogen (secondary N) is 1. The van der Waals surface area contributed by atoms with Crippen LogP contribution in [0.2, 0.25) is 0 Å². The molecule has 1 atom stereocenters. The topological polar surface area (TPSA) is 88.0 Å². The number of hydroxylamine groups is 1. The SMILES string of the molecule is O=C(NO)c1ccc(OCCCc2cc3c(cc2O)CC(CCc2ccccc2)O3)cc1. The van der Waals surface area contributed by atoms with Crippen molar-refractivity contribution in [3.8, 4) is 17.2 Å². The third-order valence-corrected chi connectivity index (χ3v) is 5.68. The summed E-state index contributed by atoms with van der Waals surface area (Å²) in [6, 6.07) is 20.7. The lowest BCUT2D eigenvalue weighted by atomic mass is 10.0. The fourth-order valence-corrected chi connectivity index (χ4v) is 3.94. The van der Waals surface area contributed by atoms with E-state index in [0.29, 0.717) is 30.1 Å². The van der Waals surface area contributed by atoms with E-state index in [-0.39, 0.29) is 6.10 Å². The number of hydrogen-bond donors (Lipinski definition) is 3. The Balaban J connectivity index is 1.25. The van der Waals surface area contributed by atoms with Crippen LogP contribution in [0.15, 0.2) is 66.7 Å². The van der Waals surface area contributed by atoms with Crippen LogP contribution in [0, 0.1) is 0 Å². The van der Waals surface area contributed by atoms with E-state index in [1.54, 1.807) is 29.7 Å². The number of carbonyl (C=O) groups is 1. The van der Waals surface area contributed by atoms with Crippen LogP contribution in [0.5, 0.6) is 17.2 Å². The van der Waals surface area contributed by atoms with Gasteiger partial charge in [0, 0.05) is 17.5 Å². The summed E-state index contributed by atoms with van der Waals surface area (Å²) in [7, 11) is 0. The van der Waals surface area contributed by atoms with E-state index in [9.17, 15) is 9.90 Å². The second-order valence-corrected chi connectivity index (χ2v) is 7.97. The number of fused-ring (bicyclic) bond motifs is 1. The van der Waals surface area contributed by atoms with Crippen molar-refractivity contribution in [2.45, 2.75) is 38.2 Å². The number of amides is 1. The molecule has 0 bridgehead atoms. The molecule has 3 aromatic rings. The summed E-state index contributed by atoms with van der Waals surface area (Å²) in [4.78, 5) is 11.3. The van der Waals surface area contributed by atoms with Crippen LogP contribution in [-0.4, -0.2) is 28.9 Å². The van der Waals surface area contributed by atoms with E-state index in [0.717, 1.165) is 42.6 Å². The number of benzene rings is 3. The van der Waals surface area contributed by atoms with E-state index in [1.165, 1.54) is 5.56 Å². The maximum absolute atomic E-state index is 11.3. The highest BCUT2D eigenvalue weighted by molar-refractivity contribution is 5.93. The molecule has 0 aromatic heterocycles. The average Bonchev–Trinajstić information content (AvgIpc) is 3.22. The number of aromatic hydroxyl groups is 1. The summed E-state index contributed by atoms with van der Waals surface area (Å²) in [5.74, 6) is 1.25. The van der Waals surface area contributed by atoms with Gasteiger partial charge in [-0.15, -0.1) is 0 Å². The minimum atomic E-state index is -0.562. The van der Waals surface area contributed by atoms with Crippen molar-refractivity contribution in [2.24, 2.45) is 0 Å². The van der Waals surface area contributed by atoms with Gasteiger partial charge in [-0.05, 0) is 73.2 Å². The molecule has 0 saturated carbocycles. The summed E-state index contributed by atoms with van der Waals surface area (Å²) in [5, 5.41) is 19.1. The zero-order valence-corrected chi connectivity index (χ0v) is 17.8. The van der Waals surface area contributed by atoms with Crippen molar-refractivity contribution < 1.29 is 24.6 Å². The Labute approximate surface area is 187 Å². The molecule has 1 aliphatic rings. The lowest BCUT2D eigenvalue weighted by Crippen LogP contribution is -2.18. The Morgan fingerprint density at radius 1 is 1.06 bits per heavy atom. The quantitative estimate of drug-likeness (QED) is 0.263. The maximum Gasteiger partial charge on any atom is 0.274 e. The van der Waals surface area contributed by atoms with Crippen molar-refractivity contribution in [3.05, 3.63) is 89.0 Å². The van der Waals surface area contributed by atoms with Crippen LogP contribution in [0.25, 0.3) is 0 Å². The normalized spacial score (nSPS) is 14.5. The second kappa shape index (κ2) is 10.2. The lowest BCUT2D eigenvalue weighted by molar-refractivity contribution is 0.0706. The molecule has 6 nitrogen and oxygen atoms in total. The summed E-state index contributed by atoms with van der Waals surface area (Å²) in [6.07, 6.45) is 4.27. The molecule has 0 saturated heterocycles. The molecule has 0 fully saturated rings. The number of ether oxygens (including phenoxy) is 2. The zero-order chi connectivity index (χ0) is 22.3. The number of phenolic OH excluding ortho intramolecular Hbond substituents is 1. The van der Waals surface area contributed by atoms with E-state index in [2.05, 4.69) is 24.3 Å². The van der Waals surface area contributed by atoms with Crippen LogP contribution in [0.1, 0.15) is 39.9 Å². The van der Waals surface area contributed by atoms with Crippen LogP contribution in [0.4, 0.5) is 0 Å². The van der Waals surface area contributed by atoms with E-state index in [4.69, 9.17) is 14.7 Å². The first-order valence-corrected chi connectivity index (χ1v) is 10.8. The number of phenols is 1. The van der Waals surface area contributed by atoms with Crippen molar-refractivity contribution in [1.29, 1.82) is 0 Å². The van der Waals surface area contributed by atoms with Crippen molar-refractivity contribution in [3.63, 3.8) is 0 Å². The molecular formula is C26H27NO5. The Morgan fingerprint density at radius 3 is 2.59 bits per heavy atom. The highest BCUT2D eigenvalue weighted by Crippen LogP contribution is 2.36. The summed E-state index contributed by atoms with van der Waals surface area (Å²) in [6.45, 7) is 0.475. The van der Waals surface area contributed by atoms with Crippen molar-refractivity contribution >= 4 is 5.91 Å². The van der Waals surface area contributed by atoms with Crippen LogP contribution in [0.3, 0.4) is 0 Å². The second-order valence-electron chi connectivity index (χ2n) is 7.97. The summed E-state index contributed by atoms with van der Waals surface area (Å²) in [5.41, 5.74) is 5.17. The summed E-state index contributed by atoms with van der Waals surface area (Å²) < 4.78 is 11.9. The summed E-state index contributed by atoms with van der Waals surface area (Å²) >= 11 is 0. The third kappa shape index (κ3) is 5.39. The number of carbonyl (C=O) groups excluding carboxylic acids is 1. The smallest absolute Gasteiger partial charge is 0.274 e. The number of hydrogen-bond acceptors (Lipinski definition) is 5. The molecule has 166 valence electrons. The standard InChI is InChI=1S/C26H27NO5/c28-24-16-21-15-23(11-8-18-5-2-1-3-6-18)32-25(21)17-20(24)7-4-14-31-22-12-9-19(10-13-22)26(29)27-30/h1-3,5-6,9-10,12-13,16-17,23,28,30H,4,7-8,11,14-15H2,(H,27,29). The van der Waals surface area contributed by atoms with Crippen LogP contribution in [-0.2, 0) is 19.3 Å². The molecule has 1 aliphatic heterocycles. The predicted molar refractivity (Wildman–Crippen MR) is 121 cm³/mol. The van der Waals surface area contributed by atoms with Crippen molar-refractivity contribution in [2.75, 3.05) is 6.61 Å². The van der Waals surface area contributed by atoms with Crippen molar-refractivity contribution in [1.82, 2.24) is 5.48 Å². The minimum Gasteiger partial charge on any atom is -0.508 e. The molecule has 4 rings (SSSR count). The monoisotopic (exact) mass is 433 g/mol. The molecular weight excluding hydrogens is 406 g/mol. The highest BCUT2D eigenvalue weighted by Gasteiger charge is 2.24. The Morgan fingerprint density at radius 2 is 1.84 bits per heavy atom. The Bertz CT molecular complexity index is 1050.